The zero-order valence-electron chi connectivity index (χ0n) is 18.3. The third-order valence-corrected chi connectivity index (χ3v) is 5.51. The van der Waals surface area contributed by atoms with E-state index in [9.17, 15) is 13.6 Å². The van der Waals surface area contributed by atoms with Crippen LogP contribution in [0.5, 0.6) is 5.75 Å². The van der Waals surface area contributed by atoms with Gasteiger partial charge in [-0.3, -0.25) is 4.79 Å². The molecule has 0 aliphatic carbocycles. The standard InChI is InChI=1S/C23H24F2N4O2S/c1-5-31-17-7-6-8-18(12-17)32-22-20(27-16(4)28-29-22)21(30)26-13-23(24,25)19-10-9-14(2)11-15(19)3/h6-12H,5,13H2,1-4H3,(H,26,30). The van der Waals surface area contributed by atoms with E-state index >= 15 is 0 Å². The van der Waals surface area contributed by atoms with Crippen molar-refractivity contribution in [3.8, 4) is 5.75 Å². The molecule has 0 unspecified atom stereocenters. The molecule has 0 spiro atoms. The van der Waals surface area contributed by atoms with Gasteiger partial charge < -0.3 is 10.1 Å². The molecule has 3 rings (SSSR count). The van der Waals surface area contributed by atoms with E-state index in [0.29, 0.717) is 17.9 Å². The summed E-state index contributed by atoms with van der Waals surface area (Å²) in [7, 11) is 0. The number of carbonyl (C=O) groups is 1. The number of ether oxygens (including phenoxy) is 1. The lowest BCUT2D eigenvalue weighted by molar-refractivity contribution is -0.00316. The van der Waals surface area contributed by atoms with Crippen LogP contribution in [0.3, 0.4) is 0 Å². The van der Waals surface area contributed by atoms with Gasteiger partial charge >= 0.3 is 0 Å². The second-order valence-corrected chi connectivity index (χ2v) is 8.29. The van der Waals surface area contributed by atoms with Crippen LogP contribution in [0.15, 0.2) is 52.4 Å². The number of benzene rings is 2. The van der Waals surface area contributed by atoms with Crippen LogP contribution in [0, 0.1) is 20.8 Å². The third kappa shape index (κ3) is 5.79. The highest BCUT2D eigenvalue weighted by molar-refractivity contribution is 7.99. The van der Waals surface area contributed by atoms with Gasteiger partial charge in [-0.05, 0) is 51.5 Å². The van der Waals surface area contributed by atoms with Gasteiger partial charge in [0.1, 0.15) is 11.6 Å². The summed E-state index contributed by atoms with van der Waals surface area (Å²) >= 11 is 1.16. The minimum Gasteiger partial charge on any atom is -0.494 e. The van der Waals surface area contributed by atoms with Crippen LogP contribution in [-0.2, 0) is 5.92 Å². The molecule has 9 heteroatoms. The summed E-state index contributed by atoms with van der Waals surface area (Å²) in [6, 6.07) is 12.0. The lowest BCUT2D eigenvalue weighted by Crippen LogP contribution is -2.36. The Bertz CT molecular complexity index is 1120. The zero-order chi connectivity index (χ0) is 23.3. The van der Waals surface area contributed by atoms with Crippen LogP contribution < -0.4 is 10.1 Å². The van der Waals surface area contributed by atoms with Crippen molar-refractivity contribution < 1.29 is 18.3 Å². The van der Waals surface area contributed by atoms with E-state index in [-0.39, 0.29) is 22.1 Å². The Morgan fingerprint density at radius 2 is 1.91 bits per heavy atom. The molecule has 3 aromatic rings. The van der Waals surface area contributed by atoms with Crippen molar-refractivity contribution in [2.45, 2.75) is 43.5 Å². The van der Waals surface area contributed by atoms with Gasteiger partial charge in [0, 0.05) is 10.5 Å². The Kier molecular flexibility index (Phi) is 7.40. The molecule has 0 atom stereocenters. The topological polar surface area (TPSA) is 77.0 Å². The molecule has 0 bridgehead atoms. The number of hydrogen-bond donors (Lipinski definition) is 1. The van der Waals surface area contributed by atoms with Crippen molar-refractivity contribution >= 4 is 17.7 Å². The number of carbonyl (C=O) groups excluding carboxylic acids is 1. The summed E-state index contributed by atoms with van der Waals surface area (Å²) in [4.78, 5) is 17.7. The van der Waals surface area contributed by atoms with Crippen LogP contribution in [0.4, 0.5) is 8.78 Å². The monoisotopic (exact) mass is 458 g/mol. The van der Waals surface area contributed by atoms with Gasteiger partial charge in [-0.25, -0.2) is 4.98 Å². The molecule has 0 aliphatic rings. The maximum Gasteiger partial charge on any atom is 0.290 e. The number of aryl methyl sites for hydroxylation is 3. The minimum absolute atomic E-state index is 0.0549. The van der Waals surface area contributed by atoms with Gasteiger partial charge in [-0.1, -0.05) is 41.6 Å². The first-order valence-electron chi connectivity index (χ1n) is 10.1. The van der Waals surface area contributed by atoms with Crippen molar-refractivity contribution in [2.75, 3.05) is 13.2 Å². The summed E-state index contributed by atoms with van der Waals surface area (Å²) < 4.78 is 35.1. The molecule has 6 nitrogen and oxygen atoms in total. The average molecular weight is 459 g/mol. The number of amides is 1. The number of nitrogens with zero attached hydrogens (tertiary/aromatic N) is 3. The third-order valence-electron chi connectivity index (χ3n) is 4.55. The SMILES string of the molecule is CCOc1cccc(Sc2nnc(C)nc2C(=O)NCC(F)(F)c2ccc(C)cc2C)c1. The number of rotatable bonds is 8. The normalized spacial score (nSPS) is 11.3. The lowest BCUT2D eigenvalue weighted by atomic mass is 10.0. The largest absolute Gasteiger partial charge is 0.494 e. The molecule has 1 amide bonds. The second kappa shape index (κ2) is 10.0. The maximum atomic E-state index is 14.8. The average Bonchev–Trinajstić information content (AvgIpc) is 2.73. The van der Waals surface area contributed by atoms with Gasteiger partial charge in [0.05, 0.1) is 13.2 Å². The summed E-state index contributed by atoms with van der Waals surface area (Å²) in [6.45, 7) is 6.58. The molecule has 1 aromatic heterocycles. The lowest BCUT2D eigenvalue weighted by Gasteiger charge is -2.20. The molecule has 168 valence electrons. The van der Waals surface area contributed by atoms with Crippen LogP contribution in [0.1, 0.15) is 39.9 Å². The fourth-order valence-corrected chi connectivity index (χ4v) is 3.98. The molecule has 0 fully saturated rings. The summed E-state index contributed by atoms with van der Waals surface area (Å²) in [5, 5.41) is 10.5. The Morgan fingerprint density at radius 1 is 1.12 bits per heavy atom. The molecule has 0 saturated carbocycles. The Morgan fingerprint density at radius 3 is 2.62 bits per heavy atom. The van der Waals surface area contributed by atoms with Crippen molar-refractivity contribution in [3.63, 3.8) is 0 Å². The first kappa shape index (κ1) is 23.6. The fourth-order valence-electron chi connectivity index (χ4n) is 3.11. The minimum atomic E-state index is -3.23. The molecule has 32 heavy (non-hydrogen) atoms. The van der Waals surface area contributed by atoms with Crippen molar-refractivity contribution in [2.24, 2.45) is 0 Å². The quantitative estimate of drug-likeness (QED) is 0.519. The van der Waals surface area contributed by atoms with Crippen LogP contribution in [0.2, 0.25) is 0 Å². The van der Waals surface area contributed by atoms with Gasteiger partial charge in [0.15, 0.2) is 10.7 Å². The highest BCUT2D eigenvalue weighted by Crippen LogP contribution is 2.32. The van der Waals surface area contributed by atoms with E-state index < -0.39 is 18.4 Å². The summed E-state index contributed by atoms with van der Waals surface area (Å²) in [6.07, 6.45) is 0. The second-order valence-electron chi connectivity index (χ2n) is 7.23. The van der Waals surface area contributed by atoms with Crippen molar-refractivity contribution in [1.29, 1.82) is 0 Å². The number of hydrogen-bond acceptors (Lipinski definition) is 6. The van der Waals surface area contributed by atoms with Gasteiger partial charge in [0.2, 0.25) is 0 Å². The van der Waals surface area contributed by atoms with E-state index in [1.807, 2.05) is 32.0 Å². The summed E-state index contributed by atoms with van der Waals surface area (Å²) in [5.74, 6) is -3.04. The molecular formula is C23H24F2N4O2S. The number of aromatic nitrogens is 3. The van der Waals surface area contributed by atoms with Crippen LogP contribution >= 0.6 is 11.8 Å². The smallest absolute Gasteiger partial charge is 0.290 e. The molecule has 1 N–H and O–H groups in total. The highest BCUT2D eigenvalue weighted by atomic mass is 32.2. The fraction of sp³-hybridized carbons (Fsp3) is 0.304. The van der Waals surface area contributed by atoms with Crippen molar-refractivity contribution in [3.05, 3.63) is 70.7 Å². The number of halogens is 2. The summed E-state index contributed by atoms with van der Waals surface area (Å²) in [5.41, 5.74) is 1.18. The van der Waals surface area contributed by atoms with Gasteiger partial charge in [0.25, 0.3) is 11.8 Å². The predicted octanol–water partition coefficient (Wildman–Crippen LogP) is 4.87. The molecule has 0 saturated heterocycles. The number of nitrogens with one attached hydrogen (secondary N) is 1. The van der Waals surface area contributed by atoms with Crippen LogP contribution in [-0.4, -0.2) is 34.2 Å². The van der Waals surface area contributed by atoms with E-state index in [1.54, 1.807) is 32.0 Å². The first-order chi connectivity index (χ1) is 15.2. The Balaban J connectivity index is 1.79. The van der Waals surface area contributed by atoms with E-state index in [2.05, 4.69) is 20.5 Å². The molecular weight excluding hydrogens is 434 g/mol. The Labute approximate surface area is 189 Å². The molecule has 1 heterocycles. The highest BCUT2D eigenvalue weighted by Gasteiger charge is 2.34. The zero-order valence-corrected chi connectivity index (χ0v) is 19.1. The maximum absolute atomic E-state index is 14.8. The predicted molar refractivity (Wildman–Crippen MR) is 118 cm³/mol. The van der Waals surface area contributed by atoms with Gasteiger partial charge in [-0.15, -0.1) is 10.2 Å². The van der Waals surface area contributed by atoms with Crippen molar-refractivity contribution in [1.82, 2.24) is 20.5 Å². The van der Waals surface area contributed by atoms with E-state index in [4.69, 9.17) is 4.74 Å². The van der Waals surface area contributed by atoms with E-state index in [0.717, 1.165) is 22.2 Å². The molecule has 0 aliphatic heterocycles. The van der Waals surface area contributed by atoms with Gasteiger partial charge in [-0.2, -0.15) is 8.78 Å². The molecule has 0 radical (unpaired) electrons. The molecule has 2 aromatic carbocycles. The van der Waals surface area contributed by atoms with E-state index in [1.165, 1.54) is 6.07 Å². The Hall–Kier alpha value is -3.07. The first-order valence-corrected chi connectivity index (χ1v) is 10.9. The number of alkyl halides is 2. The van der Waals surface area contributed by atoms with Crippen LogP contribution in [0.25, 0.3) is 0 Å².